The van der Waals surface area contributed by atoms with E-state index < -0.39 is 0 Å². The van der Waals surface area contributed by atoms with Crippen LogP contribution in [0, 0.1) is 12.7 Å². The van der Waals surface area contributed by atoms with Gasteiger partial charge >= 0.3 is 0 Å². The van der Waals surface area contributed by atoms with Gasteiger partial charge in [-0.2, -0.15) is 0 Å². The molecule has 4 heteroatoms. The SMILES string of the molecule is Cc1cc(F)cc(NCc2cccc3c2OCCCO3)c1. The largest absolute Gasteiger partial charge is 0.490 e. The summed E-state index contributed by atoms with van der Waals surface area (Å²) >= 11 is 0. The van der Waals surface area contributed by atoms with Gasteiger partial charge in [0.15, 0.2) is 11.5 Å². The Hall–Kier alpha value is -2.23. The van der Waals surface area contributed by atoms with Crippen molar-refractivity contribution in [3.05, 3.63) is 53.3 Å². The summed E-state index contributed by atoms with van der Waals surface area (Å²) in [5.41, 5.74) is 2.67. The van der Waals surface area contributed by atoms with E-state index in [9.17, 15) is 4.39 Å². The van der Waals surface area contributed by atoms with E-state index in [-0.39, 0.29) is 5.82 Å². The predicted octanol–water partition coefficient (Wildman–Crippen LogP) is 3.91. The molecule has 0 aliphatic carbocycles. The van der Waals surface area contributed by atoms with E-state index in [1.54, 1.807) is 0 Å². The van der Waals surface area contributed by atoms with Crippen molar-refractivity contribution in [1.82, 2.24) is 0 Å². The summed E-state index contributed by atoms with van der Waals surface area (Å²) in [5.74, 6) is 1.34. The second-order valence-electron chi connectivity index (χ2n) is 5.17. The number of ether oxygens (including phenoxy) is 2. The van der Waals surface area contributed by atoms with Crippen LogP contribution in [0.1, 0.15) is 17.5 Å². The highest BCUT2D eigenvalue weighted by atomic mass is 19.1. The highest BCUT2D eigenvalue weighted by Crippen LogP contribution is 2.33. The van der Waals surface area contributed by atoms with Crippen molar-refractivity contribution in [3.63, 3.8) is 0 Å². The van der Waals surface area contributed by atoms with Crippen LogP contribution in [0.5, 0.6) is 11.5 Å². The van der Waals surface area contributed by atoms with Crippen molar-refractivity contribution in [1.29, 1.82) is 0 Å². The number of nitrogens with one attached hydrogen (secondary N) is 1. The Bertz CT molecular complexity index is 622. The standard InChI is InChI=1S/C17H18FNO2/c1-12-8-14(18)10-15(9-12)19-11-13-4-2-5-16-17(13)21-7-3-6-20-16/h2,4-5,8-10,19H,3,6-7,11H2,1H3. The normalized spacial score (nSPS) is 13.6. The molecule has 0 aromatic heterocycles. The second-order valence-corrected chi connectivity index (χ2v) is 5.17. The molecule has 2 aromatic carbocycles. The highest BCUT2D eigenvalue weighted by molar-refractivity contribution is 5.51. The van der Waals surface area contributed by atoms with Crippen LogP contribution in [0.4, 0.5) is 10.1 Å². The molecule has 1 heterocycles. The zero-order valence-electron chi connectivity index (χ0n) is 12.0. The number of aryl methyl sites for hydroxylation is 1. The topological polar surface area (TPSA) is 30.5 Å². The minimum atomic E-state index is -0.232. The number of hydrogen-bond donors (Lipinski definition) is 1. The van der Waals surface area contributed by atoms with Gasteiger partial charge in [0, 0.05) is 24.2 Å². The molecule has 0 spiro atoms. The smallest absolute Gasteiger partial charge is 0.166 e. The fourth-order valence-electron chi connectivity index (χ4n) is 2.43. The van der Waals surface area contributed by atoms with Gasteiger partial charge in [-0.25, -0.2) is 4.39 Å². The number of benzene rings is 2. The van der Waals surface area contributed by atoms with Crippen LogP contribution in [0.15, 0.2) is 36.4 Å². The van der Waals surface area contributed by atoms with Gasteiger partial charge in [0.1, 0.15) is 5.82 Å². The molecule has 0 bridgehead atoms. The molecule has 0 atom stereocenters. The fourth-order valence-corrected chi connectivity index (χ4v) is 2.43. The monoisotopic (exact) mass is 287 g/mol. The van der Waals surface area contributed by atoms with Crippen LogP contribution < -0.4 is 14.8 Å². The first-order valence-corrected chi connectivity index (χ1v) is 7.11. The Kier molecular flexibility index (Phi) is 3.95. The molecular formula is C17H18FNO2. The first kappa shape index (κ1) is 13.7. The summed E-state index contributed by atoms with van der Waals surface area (Å²) in [6, 6.07) is 10.8. The molecule has 0 radical (unpaired) electrons. The fraction of sp³-hybridized carbons (Fsp3) is 0.294. The van der Waals surface area contributed by atoms with E-state index in [1.807, 2.05) is 31.2 Å². The molecule has 0 amide bonds. The molecule has 0 saturated heterocycles. The van der Waals surface area contributed by atoms with Crippen molar-refractivity contribution in [3.8, 4) is 11.5 Å². The molecule has 3 rings (SSSR count). The Morgan fingerprint density at radius 1 is 1.14 bits per heavy atom. The molecule has 0 fully saturated rings. The molecule has 3 nitrogen and oxygen atoms in total. The van der Waals surface area contributed by atoms with Crippen LogP contribution >= 0.6 is 0 Å². The van der Waals surface area contributed by atoms with Gasteiger partial charge in [0.25, 0.3) is 0 Å². The summed E-state index contributed by atoms with van der Waals surface area (Å²) in [7, 11) is 0. The number of fused-ring (bicyclic) bond motifs is 1. The molecule has 110 valence electrons. The van der Waals surface area contributed by atoms with Gasteiger partial charge in [-0.1, -0.05) is 12.1 Å². The highest BCUT2D eigenvalue weighted by Gasteiger charge is 2.14. The third-order valence-corrected chi connectivity index (χ3v) is 3.38. The summed E-state index contributed by atoms with van der Waals surface area (Å²) in [6.07, 6.45) is 0.880. The van der Waals surface area contributed by atoms with E-state index in [4.69, 9.17) is 9.47 Å². The van der Waals surface area contributed by atoms with Crippen molar-refractivity contribution in [2.45, 2.75) is 19.9 Å². The maximum Gasteiger partial charge on any atom is 0.166 e. The molecule has 0 unspecified atom stereocenters. The first-order valence-electron chi connectivity index (χ1n) is 7.11. The molecule has 21 heavy (non-hydrogen) atoms. The van der Waals surface area contributed by atoms with E-state index >= 15 is 0 Å². The lowest BCUT2D eigenvalue weighted by molar-refractivity contribution is 0.296. The average Bonchev–Trinajstić information content (AvgIpc) is 2.69. The van der Waals surface area contributed by atoms with Crippen molar-refractivity contribution in [2.24, 2.45) is 0 Å². The van der Waals surface area contributed by atoms with E-state index in [0.717, 1.165) is 34.7 Å². The van der Waals surface area contributed by atoms with Crippen LogP contribution in [0.25, 0.3) is 0 Å². The second kappa shape index (κ2) is 6.04. The van der Waals surface area contributed by atoms with Gasteiger partial charge in [-0.3, -0.25) is 0 Å². The zero-order valence-corrected chi connectivity index (χ0v) is 12.0. The average molecular weight is 287 g/mol. The molecular weight excluding hydrogens is 269 g/mol. The maximum atomic E-state index is 13.4. The van der Waals surface area contributed by atoms with Crippen LogP contribution in [-0.4, -0.2) is 13.2 Å². The van der Waals surface area contributed by atoms with Crippen LogP contribution in [0.2, 0.25) is 0 Å². The molecule has 2 aromatic rings. The summed E-state index contributed by atoms with van der Waals surface area (Å²) in [4.78, 5) is 0. The third kappa shape index (κ3) is 3.27. The first-order chi connectivity index (χ1) is 10.2. The van der Waals surface area contributed by atoms with E-state index in [2.05, 4.69) is 5.32 Å². The van der Waals surface area contributed by atoms with Gasteiger partial charge in [0.05, 0.1) is 13.2 Å². The number of para-hydroxylation sites is 1. The summed E-state index contributed by atoms with van der Waals surface area (Å²) < 4.78 is 24.8. The van der Waals surface area contributed by atoms with Crippen LogP contribution in [-0.2, 0) is 6.54 Å². The van der Waals surface area contributed by atoms with E-state index in [0.29, 0.717) is 19.8 Å². The zero-order chi connectivity index (χ0) is 14.7. The lowest BCUT2D eigenvalue weighted by atomic mass is 10.1. The molecule has 1 N–H and O–H groups in total. The van der Waals surface area contributed by atoms with Gasteiger partial charge in [-0.15, -0.1) is 0 Å². The number of hydrogen-bond acceptors (Lipinski definition) is 3. The Balaban J connectivity index is 1.79. The minimum absolute atomic E-state index is 0.232. The predicted molar refractivity (Wildman–Crippen MR) is 80.5 cm³/mol. The quantitative estimate of drug-likeness (QED) is 0.928. The van der Waals surface area contributed by atoms with E-state index in [1.165, 1.54) is 12.1 Å². The Labute approximate surface area is 123 Å². The van der Waals surface area contributed by atoms with Gasteiger partial charge < -0.3 is 14.8 Å². The van der Waals surface area contributed by atoms with Gasteiger partial charge in [-0.05, 0) is 36.8 Å². The molecule has 1 aliphatic rings. The van der Waals surface area contributed by atoms with Crippen molar-refractivity contribution >= 4 is 5.69 Å². The Morgan fingerprint density at radius 2 is 2.00 bits per heavy atom. The minimum Gasteiger partial charge on any atom is -0.490 e. The molecule has 1 aliphatic heterocycles. The lowest BCUT2D eigenvalue weighted by Crippen LogP contribution is -2.04. The maximum absolute atomic E-state index is 13.4. The summed E-state index contributed by atoms with van der Waals surface area (Å²) in [6.45, 7) is 3.77. The number of rotatable bonds is 3. The number of anilines is 1. The lowest BCUT2D eigenvalue weighted by Gasteiger charge is -2.14. The third-order valence-electron chi connectivity index (χ3n) is 3.38. The molecule has 0 saturated carbocycles. The van der Waals surface area contributed by atoms with Gasteiger partial charge in [0.2, 0.25) is 0 Å². The Morgan fingerprint density at radius 3 is 2.86 bits per heavy atom. The van der Waals surface area contributed by atoms with Crippen molar-refractivity contribution < 1.29 is 13.9 Å². The number of halogens is 1. The van der Waals surface area contributed by atoms with Crippen molar-refractivity contribution in [2.75, 3.05) is 18.5 Å². The van der Waals surface area contributed by atoms with Crippen LogP contribution in [0.3, 0.4) is 0 Å². The summed E-state index contributed by atoms with van der Waals surface area (Å²) in [5, 5.41) is 3.24.